The molecule has 3 N–H and O–H groups in total. The van der Waals surface area contributed by atoms with Crippen LogP contribution >= 0.6 is 0 Å². The lowest BCUT2D eigenvalue weighted by molar-refractivity contribution is 0.688. The Morgan fingerprint density at radius 1 is 1.28 bits per heavy atom. The fourth-order valence-electron chi connectivity index (χ4n) is 2.87. The fraction of sp³-hybridized carbons (Fsp3) is 0.400. The average molecular weight is 241 g/mol. The zero-order valence-electron chi connectivity index (χ0n) is 10.8. The van der Waals surface area contributed by atoms with Gasteiger partial charge in [-0.3, -0.25) is 10.8 Å². The maximum atomic E-state index is 5.64. The van der Waals surface area contributed by atoms with E-state index in [4.69, 9.17) is 10.8 Å². The molecule has 1 aliphatic rings. The van der Waals surface area contributed by atoms with E-state index in [0.717, 1.165) is 35.1 Å². The van der Waals surface area contributed by atoms with Gasteiger partial charge in [0.15, 0.2) is 0 Å². The lowest BCUT2D eigenvalue weighted by Gasteiger charge is -2.19. The maximum absolute atomic E-state index is 5.64. The van der Waals surface area contributed by atoms with Gasteiger partial charge in [0.2, 0.25) is 0 Å². The summed E-state index contributed by atoms with van der Waals surface area (Å²) in [6.07, 6.45) is 5.85. The molecule has 1 aromatic heterocycles. The van der Waals surface area contributed by atoms with E-state index in [1.807, 2.05) is 0 Å². The highest BCUT2D eigenvalue weighted by Gasteiger charge is 2.15. The van der Waals surface area contributed by atoms with Crippen LogP contribution in [-0.2, 0) is 19.3 Å². The average Bonchev–Trinajstić information content (AvgIpc) is 2.45. The second-order valence-corrected chi connectivity index (χ2v) is 4.97. The van der Waals surface area contributed by atoms with Crippen LogP contribution in [0.25, 0.3) is 10.9 Å². The number of nitrogens with two attached hydrogens (primary N) is 1. The van der Waals surface area contributed by atoms with Crippen LogP contribution in [0.3, 0.4) is 0 Å². The minimum absolute atomic E-state index is 0.939. The smallest absolute Gasteiger partial charge is 0.0761 e. The number of aromatic nitrogens is 1. The topological polar surface area (TPSA) is 50.9 Å². The number of pyridine rings is 1. The largest absolute Gasteiger partial charge is 0.323 e. The third-order valence-electron chi connectivity index (χ3n) is 3.88. The molecular formula is C15H19N3. The zero-order valence-corrected chi connectivity index (χ0v) is 10.8. The number of benzene rings is 1. The molecule has 0 saturated heterocycles. The summed E-state index contributed by atoms with van der Waals surface area (Å²) < 4.78 is 0. The van der Waals surface area contributed by atoms with Crippen molar-refractivity contribution in [3.63, 3.8) is 0 Å². The Hall–Kier alpha value is -1.61. The first kappa shape index (κ1) is 11.5. The molecule has 0 atom stereocenters. The molecule has 94 valence electrons. The van der Waals surface area contributed by atoms with Crippen molar-refractivity contribution >= 4 is 16.6 Å². The molecule has 0 saturated carbocycles. The molecule has 0 fully saturated rings. The lowest BCUT2D eigenvalue weighted by atomic mass is 9.89. The predicted molar refractivity (Wildman–Crippen MR) is 75.6 cm³/mol. The normalized spacial score (nSPS) is 14.6. The number of nitrogens with zero attached hydrogens (tertiary/aromatic N) is 1. The number of fused-ring (bicyclic) bond motifs is 3. The summed E-state index contributed by atoms with van der Waals surface area (Å²) in [5.41, 5.74) is 8.97. The van der Waals surface area contributed by atoms with E-state index in [0.29, 0.717) is 0 Å². The highest BCUT2D eigenvalue weighted by Crippen LogP contribution is 2.31. The van der Waals surface area contributed by atoms with Gasteiger partial charge < -0.3 is 5.43 Å². The maximum Gasteiger partial charge on any atom is 0.0761 e. The van der Waals surface area contributed by atoms with Crippen LogP contribution < -0.4 is 11.3 Å². The molecule has 0 bridgehead atoms. The zero-order chi connectivity index (χ0) is 12.5. The van der Waals surface area contributed by atoms with Gasteiger partial charge in [0.25, 0.3) is 0 Å². The van der Waals surface area contributed by atoms with E-state index in [2.05, 4.69) is 30.5 Å². The van der Waals surface area contributed by atoms with Gasteiger partial charge in [0, 0.05) is 11.1 Å². The monoisotopic (exact) mass is 241 g/mol. The summed E-state index contributed by atoms with van der Waals surface area (Å²) in [4.78, 5) is 4.82. The SMILES string of the molecule is CCc1cc(NN)c2ccc3c(c2n1)CCCC3. The number of anilines is 1. The molecule has 3 nitrogen and oxygen atoms in total. The number of rotatable bonds is 2. The highest BCUT2D eigenvalue weighted by atomic mass is 15.2. The van der Waals surface area contributed by atoms with E-state index >= 15 is 0 Å². The van der Waals surface area contributed by atoms with Crippen molar-refractivity contribution < 1.29 is 0 Å². The number of hydrazine groups is 1. The first-order valence-corrected chi connectivity index (χ1v) is 6.74. The van der Waals surface area contributed by atoms with E-state index in [1.54, 1.807) is 0 Å². The van der Waals surface area contributed by atoms with Gasteiger partial charge in [-0.2, -0.15) is 0 Å². The second-order valence-electron chi connectivity index (χ2n) is 4.97. The van der Waals surface area contributed by atoms with Crippen LogP contribution in [0.15, 0.2) is 18.2 Å². The molecule has 1 aromatic carbocycles. The fourth-order valence-corrected chi connectivity index (χ4v) is 2.87. The summed E-state index contributed by atoms with van der Waals surface area (Å²) >= 11 is 0. The van der Waals surface area contributed by atoms with E-state index in [9.17, 15) is 0 Å². The van der Waals surface area contributed by atoms with Crippen LogP contribution in [0.5, 0.6) is 0 Å². The van der Waals surface area contributed by atoms with Crippen molar-refractivity contribution in [2.75, 3.05) is 5.43 Å². The molecule has 1 heterocycles. The first-order valence-electron chi connectivity index (χ1n) is 6.74. The third-order valence-corrected chi connectivity index (χ3v) is 3.88. The van der Waals surface area contributed by atoms with Crippen molar-refractivity contribution in [2.24, 2.45) is 5.84 Å². The number of aryl methyl sites for hydroxylation is 3. The Kier molecular flexibility index (Phi) is 2.92. The van der Waals surface area contributed by atoms with Crippen LogP contribution in [0, 0.1) is 0 Å². The quantitative estimate of drug-likeness (QED) is 0.628. The number of nitrogen functional groups attached to an aromatic ring is 1. The molecule has 3 rings (SSSR count). The second kappa shape index (κ2) is 4.58. The molecule has 18 heavy (non-hydrogen) atoms. The van der Waals surface area contributed by atoms with Crippen molar-refractivity contribution in [1.82, 2.24) is 4.98 Å². The van der Waals surface area contributed by atoms with E-state index in [-0.39, 0.29) is 0 Å². The minimum atomic E-state index is 0.939. The standard InChI is InChI=1S/C15H19N3/c1-2-11-9-14(18-16)13-8-7-10-5-3-4-6-12(10)15(13)17-11/h7-9H,2-6,16H2,1H3,(H,17,18). The Labute approximate surface area is 107 Å². The summed E-state index contributed by atoms with van der Waals surface area (Å²) in [6, 6.07) is 6.45. The molecule has 0 amide bonds. The van der Waals surface area contributed by atoms with Gasteiger partial charge in [-0.25, -0.2) is 0 Å². The highest BCUT2D eigenvalue weighted by molar-refractivity contribution is 5.94. The Morgan fingerprint density at radius 3 is 2.89 bits per heavy atom. The molecular weight excluding hydrogens is 222 g/mol. The van der Waals surface area contributed by atoms with Gasteiger partial charge >= 0.3 is 0 Å². The first-order chi connectivity index (χ1) is 8.83. The Morgan fingerprint density at radius 2 is 2.11 bits per heavy atom. The van der Waals surface area contributed by atoms with Crippen LogP contribution in [-0.4, -0.2) is 4.98 Å². The van der Waals surface area contributed by atoms with E-state index < -0.39 is 0 Å². The van der Waals surface area contributed by atoms with Crippen molar-refractivity contribution in [3.05, 3.63) is 35.0 Å². The molecule has 1 aliphatic carbocycles. The summed E-state index contributed by atoms with van der Waals surface area (Å²) in [6.45, 7) is 2.13. The molecule has 0 spiro atoms. The van der Waals surface area contributed by atoms with Gasteiger partial charge in [-0.1, -0.05) is 19.1 Å². The van der Waals surface area contributed by atoms with Crippen LogP contribution in [0.2, 0.25) is 0 Å². The Bertz CT molecular complexity index is 590. The Balaban J connectivity index is 2.32. The molecule has 3 heteroatoms. The molecule has 0 aliphatic heterocycles. The molecule has 0 unspecified atom stereocenters. The summed E-state index contributed by atoms with van der Waals surface area (Å²) in [5, 5.41) is 1.15. The van der Waals surface area contributed by atoms with Crippen molar-refractivity contribution in [3.8, 4) is 0 Å². The predicted octanol–water partition coefficient (Wildman–Crippen LogP) is 2.96. The van der Waals surface area contributed by atoms with Gasteiger partial charge in [-0.05, 0) is 49.3 Å². The summed E-state index contributed by atoms with van der Waals surface area (Å²) in [5.74, 6) is 5.64. The summed E-state index contributed by atoms with van der Waals surface area (Å²) in [7, 11) is 0. The third kappa shape index (κ3) is 1.75. The van der Waals surface area contributed by atoms with Gasteiger partial charge in [-0.15, -0.1) is 0 Å². The van der Waals surface area contributed by atoms with Crippen molar-refractivity contribution in [1.29, 1.82) is 0 Å². The van der Waals surface area contributed by atoms with Gasteiger partial charge in [0.05, 0.1) is 11.2 Å². The number of hydrogen-bond donors (Lipinski definition) is 2. The molecule has 2 aromatic rings. The van der Waals surface area contributed by atoms with Crippen LogP contribution in [0.1, 0.15) is 36.6 Å². The lowest BCUT2D eigenvalue weighted by Crippen LogP contribution is -2.10. The van der Waals surface area contributed by atoms with Crippen molar-refractivity contribution in [2.45, 2.75) is 39.0 Å². The number of hydrogen-bond acceptors (Lipinski definition) is 3. The van der Waals surface area contributed by atoms with Crippen LogP contribution in [0.4, 0.5) is 5.69 Å². The molecule has 0 radical (unpaired) electrons. The number of nitrogens with one attached hydrogen (secondary N) is 1. The van der Waals surface area contributed by atoms with Gasteiger partial charge in [0.1, 0.15) is 0 Å². The minimum Gasteiger partial charge on any atom is -0.323 e. The van der Waals surface area contributed by atoms with E-state index in [1.165, 1.54) is 30.4 Å².